The molecule has 2 aliphatic heterocycles. The maximum absolute atomic E-state index is 13.4. The monoisotopic (exact) mass is 647 g/mol. The number of likely N-dealkylation sites (tertiary alicyclic amines) is 2. The van der Waals surface area contributed by atoms with E-state index in [4.69, 9.17) is 0 Å². The van der Waals surface area contributed by atoms with Crippen LogP contribution in [0, 0.1) is 27.7 Å². The van der Waals surface area contributed by atoms with Gasteiger partial charge in [-0.3, -0.25) is 29.4 Å². The Morgan fingerprint density at radius 1 is 0.729 bits per heavy atom. The van der Waals surface area contributed by atoms with E-state index in [-0.39, 0.29) is 18.1 Å². The molecule has 2 fully saturated rings. The predicted molar refractivity (Wildman–Crippen MR) is 187 cm³/mol. The third-order valence-corrected chi connectivity index (χ3v) is 9.67. The third-order valence-electron chi connectivity index (χ3n) is 9.67. The number of aromatic nitrogens is 2. The van der Waals surface area contributed by atoms with Crippen molar-refractivity contribution >= 4 is 17.4 Å². The number of pyridine rings is 2. The quantitative estimate of drug-likeness (QED) is 0.202. The molecule has 0 bridgehead atoms. The SMILES string of the molecule is Cc1cc(C(=O)Cc2cccc(-c3cccc(NC(=O)c4cc(C)c(CN5CC(C)(O)C5)cn4)c3C)c2C)ncc1CN1CC(C)(O)C1. The number of benzene rings is 2. The molecule has 4 heterocycles. The normalized spacial score (nSPS) is 17.0. The molecule has 4 aromatic rings. The number of nitrogens with one attached hydrogen (secondary N) is 1. The summed E-state index contributed by atoms with van der Waals surface area (Å²) in [6.45, 7) is 15.6. The Morgan fingerprint density at radius 3 is 1.77 bits per heavy atom. The van der Waals surface area contributed by atoms with Crippen molar-refractivity contribution in [1.29, 1.82) is 0 Å². The fraction of sp³-hybridized carbons (Fsp3) is 0.385. The number of anilines is 1. The Hall–Kier alpha value is -4.28. The Kier molecular flexibility index (Phi) is 9.08. The lowest BCUT2D eigenvalue weighted by Gasteiger charge is -2.44. The maximum atomic E-state index is 13.4. The molecule has 6 rings (SSSR count). The zero-order chi connectivity index (χ0) is 34.4. The van der Waals surface area contributed by atoms with Gasteiger partial charge in [-0.25, -0.2) is 0 Å². The minimum atomic E-state index is -0.631. The van der Waals surface area contributed by atoms with Gasteiger partial charge in [0.1, 0.15) is 11.4 Å². The second kappa shape index (κ2) is 13.0. The van der Waals surface area contributed by atoms with Crippen molar-refractivity contribution < 1.29 is 19.8 Å². The molecule has 0 unspecified atom stereocenters. The van der Waals surface area contributed by atoms with Gasteiger partial charge >= 0.3 is 0 Å². The number of ketones is 1. The highest BCUT2D eigenvalue weighted by atomic mass is 16.3. The van der Waals surface area contributed by atoms with Crippen LogP contribution < -0.4 is 5.32 Å². The third kappa shape index (κ3) is 7.24. The molecule has 2 aromatic heterocycles. The Labute approximate surface area is 282 Å². The highest BCUT2D eigenvalue weighted by Gasteiger charge is 2.37. The molecule has 1 amide bonds. The van der Waals surface area contributed by atoms with E-state index in [0.29, 0.717) is 56.3 Å². The van der Waals surface area contributed by atoms with E-state index in [1.54, 1.807) is 12.4 Å². The van der Waals surface area contributed by atoms with Crippen molar-refractivity contribution in [3.8, 4) is 11.1 Å². The summed E-state index contributed by atoms with van der Waals surface area (Å²) in [5.41, 5.74) is 9.18. The number of amides is 1. The number of hydrogen-bond acceptors (Lipinski definition) is 8. The largest absolute Gasteiger partial charge is 0.388 e. The fourth-order valence-electron chi connectivity index (χ4n) is 7.00. The van der Waals surface area contributed by atoms with Crippen molar-refractivity contribution in [3.63, 3.8) is 0 Å². The first-order valence-corrected chi connectivity index (χ1v) is 16.5. The second-order valence-electron chi connectivity index (χ2n) is 14.4. The van der Waals surface area contributed by atoms with E-state index < -0.39 is 11.2 Å². The summed E-state index contributed by atoms with van der Waals surface area (Å²) < 4.78 is 0. The molecule has 2 saturated heterocycles. The smallest absolute Gasteiger partial charge is 0.274 e. The summed E-state index contributed by atoms with van der Waals surface area (Å²) in [5.74, 6) is -0.321. The van der Waals surface area contributed by atoms with Crippen LogP contribution in [0.4, 0.5) is 5.69 Å². The van der Waals surface area contributed by atoms with E-state index >= 15 is 0 Å². The summed E-state index contributed by atoms with van der Waals surface area (Å²) in [4.78, 5) is 40.0. The van der Waals surface area contributed by atoms with Crippen LogP contribution in [0.2, 0.25) is 0 Å². The minimum Gasteiger partial charge on any atom is -0.388 e. The first-order chi connectivity index (χ1) is 22.7. The lowest BCUT2D eigenvalue weighted by Crippen LogP contribution is -2.59. The molecule has 0 atom stereocenters. The lowest BCUT2D eigenvalue weighted by atomic mass is 9.91. The first kappa shape index (κ1) is 33.6. The van der Waals surface area contributed by atoms with Gasteiger partial charge in [0.2, 0.25) is 0 Å². The first-order valence-electron chi connectivity index (χ1n) is 16.5. The van der Waals surface area contributed by atoms with Gasteiger partial charge in [-0.2, -0.15) is 0 Å². The molecule has 9 heteroatoms. The van der Waals surface area contributed by atoms with E-state index in [0.717, 1.165) is 50.1 Å². The molecule has 0 saturated carbocycles. The molecular weight excluding hydrogens is 602 g/mol. The molecule has 9 nitrogen and oxygen atoms in total. The molecule has 2 aliphatic rings. The Bertz CT molecular complexity index is 1750. The van der Waals surface area contributed by atoms with Gasteiger partial charge in [0, 0.05) is 63.8 Å². The molecule has 48 heavy (non-hydrogen) atoms. The number of aryl methyl sites for hydroxylation is 2. The van der Waals surface area contributed by atoms with E-state index in [1.807, 2.05) is 90.1 Å². The zero-order valence-corrected chi connectivity index (χ0v) is 28.7. The van der Waals surface area contributed by atoms with Crippen LogP contribution in [0.1, 0.15) is 73.8 Å². The average Bonchev–Trinajstić information content (AvgIpc) is 2.99. The van der Waals surface area contributed by atoms with Crippen molar-refractivity contribution in [1.82, 2.24) is 19.8 Å². The maximum Gasteiger partial charge on any atom is 0.274 e. The molecule has 3 N–H and O–H groups in total. The van der Waals surface area contributed by atoms with Crippen LogP contribution in [0.3, 0.4) is 0 Å². The molecule has 0 aliphatic carbocycles. The van der Waals surface area contributed by atoms with Crippen molar-refractivity contribution in [2.24, 2.45) is 0 Å². The Morgan fingerprint density at radius 2 is 1.23 bits per heavy atom. The number of carbonyl (C=O) groups is 2. The molecule has 2 aromatic carbocycles. The average molecular weight is 648 g/mol. The number of Topliss-reactive ketones (excluding diaryl/α,β-unsaturated/α-hetero) is 1. The number of nitrogens with zero attached hydrogens (tertiary/aromatic N) is 4. The molecule has 250 valence electrons. The van der Waals surface area contributed by atoms with Gasteiger partial charge in [0.25, 0.3) is 5.91 Å². The van der Waals surface area contributed by atoms with Crippen LogP contribution in [-0.2, 0) is 19.5 Å². The van der Waals surface area contributed by atoms with Gasteiger partial charge in [-0.15, -0.1) is 0 Å². The lowest BCUT2D eigenvalue weighted by molar-refractivity contribution is -0.0875. The number of carbonyl (C=O) groups excluding carboxylic acids is 2. The van der Waals surface area contributed by atoms with Crippen molar-refractivity contribution in [2.45, 2.75) is 72.3 Å². The van der Waals surface area contributed by atoms with Crippen LogP contribution in [0.5, 0.6) is 0 Å². The standard InChI is InChI=1S/C39H45N5O4/c1-24-13-34(40-16-29(24)18-43-20-38(5,47)21-43)36(45)15-28-9-7-10-31(26(28)3)32-11-8-12-33(27(32)4)42-37(46)35-14-25(2)30(17-41-35)19-44-22-39(6,48)23-44/h7-14,16-17,47-48H,15,18-23H2,1-6H3,(H,42,46). The van der Waals surface area contributed by atoms with Crippen LogP contribution >= 0.6 is 0 Å². The summed E-state index contributed by atoms with van der Waals surface area (Å²) in [6, 6.07) is 15.5. The number of hydrogen-bond donors (Lipinski definition) is 3. The van der Waals surface area contributed by atoms with Gasteiger partial charge in [-0.05, 0) is 110 Å². The van der Waals surface area contributed by atoms with E-state index in [1.165, 1.54) is 0 Å². The minimum absolute atomic E-state index is 0.0416. The number of rotatable bonds is 10. The van der Waals surface area contributed by atoms with Crippen LogP contribution in [0.15, 0.2) is 60.9 Å². The second-order valence-corrected chi connectivity index (χ2v) is 14.4. The van der Waals surface area contributed by atoms with Gasteiger partial charge in [0.05, 0.1) is 11.2 Å². The zero-order valence-electron chi connectivity index (χ0n) is 28.7. The molecular formula is C39H45N5O4. The highest BCUT2D eigenvalue weighted by molar-refractivity contribution is 6.04. The molecule has 0 spiro atoms. The predicted octanol–water partition coefficient (Wildman–Crippen LogP) is 5.19. The van der Waals surface area contributed by atoms with Gasteiger partial charge in [-0.1, -0.05) is 30.3 Å². The van der Waals surface area contributed by atoms with Gasteiger partial charge in [0.15, 0.2) is 5.78 Å². The number of aliphatic hydroxyl groups is 2. The summed E-state index contributed by atoms with van der Waals surface area (Å²) >= 11 is 0. The van der Waals surface area contributed by atoms with E-state index in [9.17, 15) is 19.8 Å². The summed E-state index contributed by atoms with van der Waals surface area (Å²) in [6.07, 6.45) is 3.77. The summed E-state index contributed by atoms with van der Waals surface area (Å²) in [7, 11) is 0. The van der Waals surface area contributed by atoms with E-state index in [2.05, 4.69) is 25.1 Å². The molecule has 0 radical (unpaired) electrons. The van der Waals surface area contributed by atoms with Crippen LogP contribution in [0.25, 0.3) is 11.1 Å². The van der Waals surface area contributed by atoms with Gasteiger partial charge < -0.3 is 15.5 Å². The number of β-amino-alcohol motifs (C(OH)–C–C–N with tert-alkyl or cyclic N) is 2. The fourth-order valence-corrected chi connectivity index (χ4v) is 7.00. The topological polar surface area (TPSA) is 119 Å². The Balaban J connectivity index is 1.14. The van der Waals surface area contributed by atoms with Crippen molar-refractivity contribution in [3.05, 3.63) is 111 Å². The van der Waals surface area contributed by atoms with Crippen LogP contribution in [-0.4, -0.2) is 79.1 Å². The highest BCUT2D eigenvalue weighted by Crippen LogP contribution is 2.33. The summed E-state index contributed by atoms with van der Waals surface area (Å²) in [5, 5.41) is 23.1. The van der Waals surface area contributed by atoms with Crippen molar-refractivity contribution in [2.75, 3.05) is 31.5 Å².